The van der Waals surface area contributed by atoms with Crippen molar-refractivity contribution in [1.29, 1.82) is 0 Å². The molecule has 0 spiro atoms. The van der Waals surface area contributed by atoms with Gasteiger partial charge in [-0.05, 0) is 19.1 Å². The average Bonchev–Trinajstić information content (AvgIpc) is 2.36. The molecule has 1 amide bonds. The van der Waals surface area contributed by atoms with Crippen LogP contribution in [0.3, 0.4) is 0 Å². The van der Waals surface area contributed by atoms with Gasteiger partial charge in [0.1, 0.15) is 12.1 Å². The Morgan fingerprint density at radius 2 is 2.12 bits per heavy atom. The number of carbonyl (C=O) groups excluding carboxylic acids is 1. The first-order chi connectivity index (χ1) is 8.31. The average molecular weight is 230 g/mol. The molecule has 0 bridgehead atoms. The fourth-order valence-electron chi connectivity index (χ4n) is 1.57. The number of amides is 1. The van der Waals surface area contributed by atoms with E-state index in [0.717, 1.165) is 10.9 Å². The van der Waals surface area contributed by atoms with E-state index in [9.17, 15) is 4.79 Å². The fourth-order valence-corrected chi connectivity index (χ4v) is 1.57. The van der Waals surface area contributed by atoms with Gasteiger partial charge in [-0.15, -0.1) is 0 Å². The number of anilines is 1. The molecule has 0 unspecified atom stereocenters. The van der Waals surface area contributed by atoms with Crippen LogP contribution in [0.25, 0.3) is 10.9 Å². The van der Waals surface area contributed by atoms with Gasteiger partial charge >= 0.3 is 0 Å². The lowest BCUT2D eigenvalue weighted by Crippen LogP contribution is -2.29. The highest BCUT2D eigenvalue weighted by Gasteiger charge is 2.04. The number of fused-ring (bicyclic) bond motifs is 1. The van der Waals surface area contributed by atoms with Crippen molar-refractivity contribution in [2.75, 3.05) is 18.4 Å². The zero-order valence-corrected chi connectivity index (χ0v) is 9.60. The van der Waals surface area contributed by atoms with E-state index in [1.807, 2.05) is 31.2 Å². The molecule has 2 aromatic rings. The molecule has 0 saturated heterocycles. The largest absolute Gasteiger partial charge is 0.360 e. The number of hydrogen-bond acceptors (Lipinski definition) is 4. The molecule has 5 heteroatoms. The van der Waals surface area contributed by atoms with Crippen LogP contribution in [0.1, 0.15) is 6.92 Å². The van der Waals surface area contributed by atoms with Gasteiger partial charge in [0.05, 0.1) is 12.1 Å². The van der Waals surface area contributed by atoms with E-state index in [2.05, 4.69) is 20.6 Å². The smallest absolute Gasteiger partial charge is 0.239 e. The molecule has 2 N–H and O–H groups in total. The quantitative estimate of drug-likeness (QED) is 0.827. The normalized spacial score (nSPS) is 10.2. The van der Waals surface area contributed by atoms with E-state index in [1.54, 1.807) is 0 Å². The molecule has 0 fully saturated rings. The monoisotopic (exact) mass is 230 g/mol. The Kier molecular flexibility index (Phi) is 3.49. The predicted octanol–water partition coefficient (Wildman–Crippen LogP) is 1.18. The van der Waals surface area contributed by atoms with Gasteiger partial charge in [0.2, 0.25) is 5.91 Å². The molecule has 0 aliphatic carbocycles. The van der Waals surface area contributed by atoms with Gasteiger partial charge in [0.15, 0.2) is 0 Å². The number of likely N-dealkylation sites (N-methyl/N-ethyl adjacent to an activating group) is 1. The number of para-hydroxylation sites is 1. The first-order valence-corrected chi connectivity index (χ1v) is 5.51. The van der Waals surface area contributed by atoms with Crippen molar-refractivity contribution in [3.8, 4) is 0 Å². The summed E-state index contributed by atoms with van der Waals surface area (Å²) in [7, 11) is 0. The number of carbonyl (C=O) groups is 1. The maximum atomic E-state index is 11.3. The maximum absolute atomic E-state index is 11.3. The van der Waals surface area contributed by atoms with E-state index < -0.39 is 0 Å². The molecule has 5 nitrogen and oxygen atoms in total. The molecule has 1 aromatic carbocycles. The molecule has 88 valence electrons. The zero-order chi connectivity index (χ0) is 12.1. The van der Waals surface area contributed by atoms with Crippen molar-refractivity contribution < 1.29 is 4.79 Å². The van der Waals surface area contributed by atoms with Crippen molar-refractivity contribution in [3.05, 3.63) is 30.6 Å². The highest BCUT2D eigenvalue weighted by molar-refractivity contribution is 5.90. The van der Waals surface area contributed by atoms with Gasteiger partial charge in [-0.25, -0.2) is 9.97 Å². The second-order valence-corrected chi connectivity index (χ2v) is 3.55. The molecule has 2 rings (SSSR count). The summed E-state index contributed by atoms with van der Waals surface area (Å²) in [5.74, 6) is 0.636. The first-order valence-electron chi connectivity index (χ1n) is 5.51. The molecule has 0 saturated carbocycles. The Morgan fingerprint density at radius 3 is 2.94 bits per heavy atom. The number of rotatable bonds is 4. The highest BCUT2D eigenvalue weighted by atomic mass is 16.1. The van der Waals surface area contributed by atoms with Crippen molar-refractivity contribution >= 4 is 22.6 Å². The van der Waals surface area contributed by atoms with Gasteiger partial charge < -0.3 is 10.6 Å². The summed E-state index contributed by atoms with van der Waals surface area (Å²) in [5.41, 5.74) is 0.862. The lowest BCUT2D eigenvalue weighted by Gasteiger charge is -2.07. The van der Waals surface area contributed by atoms with Crippen LogP contribution in [0.4, 0.5) is 5.82 Å². The third kappa shape index (κ3) is 2.69. The standard InChI is InChI=1S/C12H14N4O/c1-2-13-11(17)7-14-12-9-5-3-4-6-10(9)15-8-16-12/h3-6,8H,2,7H2,1H3,(H,13,17)(H,14,15,16). The molecule has 17 heavy (non-hydrogen) atoms. The summed E-state index contributed by atoms with van der Waals surface area (Å²) < 4.78 is 0. The van der Waals surface area contributed by atoms with E-state index in [-0.39, 0.29) is 12.5 Å². The van der Waals surface area contributed by atoms with Gasteiger partial charge in [0.25, 0.3) is 0 Å². The molecule has 0 atom stereocenters. The predicted molar refractivity (Wildman–Crippen MR) is 66.7 cm³/mol. The third-order valence-electron chi connectivity index (χ3n) is 2.33. The van der Waals surface area contributed by atoms with Crippen LogP contribution in [-0.4, -0.2) is 29.0 Å². The van der Waals surface area contributed by atoms with Crippen LogP contribution in [-0.2, 0) is 4.79 Å². The van der Waals surface area contributed by atoms with Crippen molar-refractivity contribution in [3.63, 3.8) is 0 Å². The van der Waals surface area contributed by atoms with Crippen LogP contribution in [0.2, 0.25) is 0 Å². The summed E-state index contributed by atoms with van der Waals surface area (Å²) in [4.78, 5) is 19.6. The zero-order valence-electron chi connectivity index (χ0n) is 9.60. The molecular weight excluding hydrogens is 216 g/mol. The number of nitrogens with zero attached hydrogens (tertiary/aromatic N) is 2. The van der Waals surface area contributed by atoms with Crippen LogP contribution < -0.4 is 10.6 Å². The van der Waals surface area contributed by atoms with Crippen LogP contribution >= 0.6 is 0 Å². The Morgan fingerprint density at radius 1 is 1.29 bits per heavy atom. The minimum absolute atomic E-state index is 0.0461. The van der Waals surface area contributed by atoms with E-state index in [4.69, 9.17) is 0 Å². The second-order valence-electron chi connectivity index (χ2n) is 3.55. The Hall–Kier alpha value is -2.17. The Bertz CT molecular complexity index is 521. The summed E-state index contributed by atoms with van der Waals surface area (Å²) >= 11 is 0. The SMILES string of the molecule is CCNC(=O)CNc1ncnc2ccccc12. The second kappa shape index (κ2) is 5.25. The minimum atomic E-state index is -0.0461. The summed E-state index contributed by atoms with van der Waals surface area (Å²) in [5, 5.41) is 6.64. The number of hydrogen-bond donors (Lipinski definition) is 2. The topological polar surface area (TPSA) is 66.9 Å². The summed E-state index contributed by atoms with van der Waals surface area (Å²) in [6.45, 7) is 2.73. The third-order valence-corrected chi connectivity index (χ3v) is 2.33. The van der Waals surface area contributed by atoms with Gasteiger partial charge in [-0.3, -0.25) is 4.79 Å². The molecule has 0 aliphatic rings. The summed E-state index contributed by atoms with van der Waals surface area (Å²) in [6, 6.07) is 7.68. The molecule has 1 heterocycles. The Balaban J connectivity index is 2.16. The van der Waals surface area contributed by atoms with Crippen molar-refractivity contribution in [2.24, 2.45) is 0 Å². The maximum Gasteiger partial charge on any atom is 0.239 e. The molecule has 0 aliphatic heterocycles. The van der Waals surface area contributed by atoms with Gasteiger partial charge in [0, 0.05) is 11.9 Å². The van der Waals surface area contributed by atoms with Crippen molar-refractivity contribution in [2.45, 2.75) is 6.92 Å². The van der Waals surface area contributed by atoms with Gasteiger partial charge in [-0.2, -0.15) is 0 Å². The van der Waals surface area contributed by atoms with Crippen LogP contribution in [0.5, 0.6) is 0 Å². The van der Waals surface area contributed by atoms with E-state index in [1.165, 1.54) is 6.33 Å². The highest BCUT2D eigenvalue weighted by Crippen LogP contribution is 2.17. The number of nitrogens with one attached hydrogen (secondary N) is 2. The molecule has 0 radical (unpaired) electrons. The summed E-state index contributed by atoms with van der Waals surface area (Å²) in [6.07, 6.45) is 1.49. The number of benzene rings is 1. The van der Waals surface area contributed by atoms with Crippen molar-refractivity contribution in [1.82, 2.24) is 15.3 Å². The number of aromatic nitrogens is 2. The van der Waals surface area contributed by atoms with E-state index in [0.29, 0.717) is 12.4 Å². The van der Waals surface area contributed by atoms with Crippen LogP contribution in [0.15, 0.2) is 30.6 Å². The molecular formula is C12H14N4O. The van der Waals surface area contributed by atoms with Gasteiger partial charge in [-0.1, -0.05) is 12.1 Å². The first kappa shape index (κ1) is 11.3. The van der Waals surface area contributed by atoms with E-state index >= 15 is 0 Å². The molecule has 1 aromatic heterocycles. The van der Waals surface area contributed by atoms with Crippen LogP contribution in [0, 0.1) is 0 Å². The minimum Gasteiger partial charge on any atom is -0.360 e. The lowest BCUT2D eigenvalue weighted by atomic mass is 10.2. The Labute approximate surface area is 99.3 Å². The lowest BCUT2D eigenvalue weighted by molar-refractivity contribution is -0.119. The fraction of sp³-hybridized carbons (Fsp3) is 0.250.